The van der Waals surface area contributed by atoms with Crippen LogP contribution in [0.4, 0.5) is 26.0 Å². The molecule has 0 bridgehead atoms. The van der Waals surface area contributed by atoms with Crippen LogP contribution in [-0.2, 0) is 0 Å². The predicted octanol–water partition coefficient (Wildman–Crippen LogP) is 4.30. The van der Waals surface area contributed by atoms with Crippen LogP contribution in [0.5, 0.6) is 0 Å². The highest BCUT2D eigenvalue weighted by Crippen LogP contribution is 2.22. The summed E-state index contributed by atoms with van der Waals surface area (Å²) in [6.45, 7) is 0. The molecule has 0 atom stereocenters. The van der Waals surface area contributed by atoms with E-state index < -0.39 is 17.5 Å². The van der Waals surface area contributed by atoms with Gasteiger partial charge in [-0.05, 0) is 24.3 Å². The van der Waals surface area contributed by atoms with Crippen LogP contribution in [-0.4, -0.2) is 20.9 Å². The molecule has 2 N–H and O–H groups in total. The van der Waals surface area contributed by atoms with E-state index in [0.29, 0.717) is 16.9 Å². The smallest absolute Gasteiger partial charge is 0.274 e. The molecule has 0 fully saturated rings. The molecule has 0 spiro atoms. The van der Waals surface area contributed by atoms with Crippen molar-refractivity contribution in [3.63, 3.8) is 0 Å². The molecule has 28 heavy (non-hydrogen) atoms. The van der Waals surface area contributed by atoms with E-state index in [1.54, 1.807) is 12.3 Å². The van der Waals surface area contributed by atoms with Crippen LogP contribution < -0.4 is 10.6 Å². The van der Waals surface area contributed by atoms with E-state index in [9.17, 15) is 13.6 Å². The summed E-state index contributed by atoms with van der Waals surface area (Å²) in [4.78, 5) is 24.9. The molecule has 2 aromatic carbocycles. The largest absolute Gasteiger partial charge is 0.340 e. The Morgan fingerprint density at radius 3 is 2.61 bits per heavy atom. The predicted molar refractivity (Wildman–Crippen MR) is 101 cm³/mol. The molecule has 0 aliphatic rings. The summed E-state index contributed by atoms with van der Waals surface area (Å²) in [5.74, 6) is -2.12. The van der Waals surface area contributed by atoms with Crippen molar-refractivity contribution in [1.29, 1.82) is 0 Å². The fourth-order valence-corrected chi connectivity index (χ4v) is 2.66. The molecular formula is C20H13F2N5O. The van der Waals surface area contributed by atoms with Crippen LogP contribution >= 0.6 is 0 Å². The van der Waals surface area contributed by atoms with Gasteiger partial charge in [0, 0.05) is 29.4 Å². The monoisotopic (exact) mass is 377 g/mol. The van der Waals surface area contributed by atoms with Crippen molar-refractivity contribution in [1.82, 2.24) is 15.0 Å². The second-order valence-corrected chi connectivity index (χ2v) is 5.88. The van der Waals surface area contributed by atoms with Gasteiger partial charge >= 0.3 is 0 Å². The second kappa shape index (κ2) is 7.36. The lowest BCUT2D eigenvalue weighted by molar-refractivity contribution is 0.102. The molecule has 2 aromatic heterocycles. The van der Waals surface area contributed by atoms with Crippen molar-refractivity contribution in [3.8, 4) is 0 Å². The van der Waals surface area contributed by atoms with Crippen molar-refractivity contribution < 1.29 is 13.6 Å². The Kier molecular flexibility index (Phi) is 4.59. The van der Waals surface area contributed by atoms with Gasteiger partial charge in [0.2, 0.25) is 0 Å². The van der Waals surface area contributed by atoms with Crippen molar-refractivity contribution in [2.24, 2.45) is 0 Å². The molecule has 0 aliphatic heterocycles. The number of nitrogens with zero attached hydrogens (tertiary/aromatic N) is 3. The van der Waals surface area contributed by atoms with Gasteiger partial charge in [-0.2, -0.15) is 0 Å². The van der Waals surface area contributed by atoms with Gasteiger partial charge in [0.1, 0.15) is 17.8 Å². The molecule has 8 heteroatoms. The van der Waals surface area contributed by atoms with Crippen molar-refractivity contribution in [2.75, 3.05) is 10.6 Å². The van der Waals surface area contributed by atoms with Crippen LogP contribution in [0.2, 0.25) is 0 Å². The maximum Gasteiger partial charge on any atom is 0.274 e. The van der Waals surface area contributed by atoms with Crippen molar-refractivity contribution in [3.05, 3.63) is 84.4 Å². The third-order valence-electron chi connectivity index (χ3n) is 3.97. The average molecular weight is 377 g/mol. The maximum absolute atomic E-state index is 13.3. The molecule has 0 radical (unpaired) electrons. The Morgan fingerprint density at radius 2 is 1.75 bits per heavy atom. The van der Waals surface area contributed by atoms with E-state index in [1.807, 2.05) is 24.3 Å². The normalized spacial score (nSPS) is 10.6. The number of para-hydroxylation sites is 1. The number of halogens is 2. The zero-order chi connectivity index (χ0) is 19.5. The zero-order valence-corrected chi connectivity index (χ0v) is 14.4. The number of hydrogen-bond acceptors (Lipinski definition) is 5. The number of benzene rings is 2. The molecule has 2 heterocycles. The highest BCUT2D eigenvalue weighted by Gasteiger charge is 2.12. The van der Waals surface area contributed by atoms with Gasteiger partial charge in [0.15, 0.2) is 11.6 Å². The van der Waals surface area contributed by atoms with Gasteiger partial charge in [-0.25, -0.2) is 18.7 Å². The Balaban J connectivity index is 1.56. The van der Waals surface area contributed by atoms with Crippen LogP contribution in [0.3, 0.4) is 0 Å². The summed E-state index contributed by atoms with van der Waals surface area (Å²) in [5.41, 5.74) is 1.61. The molecule has 0 aliphatic carbocycles. The molecular weight excluding hydrogens is 364 g/mol. The van der Waals surface area contributed by atoms with E-state index in [1.165, 1.54) is 18.5 Å². The molecule has 4 aromatic rings. The molecule has 0 saturated carbocycles. The van der Waals surface area contributed by atoms with Gasteiger partial charge in [0.25, 0.3) is 5.91 Å². The van der Waals surface area contributed by atoms with E-state index in [0.717, 1.165) is 17.5 Å². The molecule has 0 saturated heterocycles. The topological polar surface area (TPSA) is 79.8 Å². The summed E-state index contributed by atoms with van der Waals surface area (Å²) < 4.78 is 26.4. The number of aromatic nitrogens is 3. The number of pyridine rings is 1. The maximum atomic E-state index is 13.3. The quantitative estimate of drug-likeness (QED) is 0.554. The first-order valence-corrected chi connectivity index (χ1v) is 8.29. The number of rotatable bonds is 4. The number of nitrogens with one attached hydrogen (secondary N) is 2. The lowest BCUT2D eigenvalue weighted by Gasteiger charge is -2.09. The van der Waals surface area contributed by atoms with Gasteiger partial charge in [-0.1, -0.05) is 18.2 Å². The Bertz CT molecular complexity index is 1180. The van der Waals surface area contributed by atoms with Crippen LogP contribution in [0, 0.1) is 11.6 Å². The fourth-order valence-electron chi connectivity index (χ4n) is 2.66. The SMILES string of the molecule is O=C(Nc1cccc2cccnc12)c1cc(Nc2ccc(F)c(F)c2)ncn1. The lowest BCUT2D eigenvalue weighted by Crippen LogP contribution is -2.14. The van der Waals surface area contributed by atoms with Gasteiger partial charge in [-0.3, -0.25) is 9.78 Å². The van der Waals surface area contributed by atoms with Gasteiger partial charge in [-0.15, -0.1) is 0 Å². The number of fused-ring (bicyclic) bond motifs is 1. The second-order valence-electron chi connectivity index (χ2n) is 5.88. The number of amides is 1. The van der Waals surface area contributed by atoms with E-state index in [-0.39, 0.29) is 11.5 Å². The third-order valence-corrected chi connectivity index (χ3v) is 3.97. The zero-order valence-electron chi connectivity index (χ0n) is 14.4. The summed E-state index contributed by atoms with van der Waals surface area (Å²) in [6, 6.07) is 13.9. The lowest BCUT2D eigenvalue weighted by atomic mass is 10.2. The first kappa shape index (κ1) is 17.5. The third kappa shape index (κ3) is 3.61. The minimum atomic E-state index is -0.986. The van der Waals surface area contributed by atoms with Crippen LogP contribution in [0.1, 0.15) is 10.5 Å². The van der Waals surface area contributed by atoms with E-state index >= 15 is 0 Å². The number of carbonyl (C=O) groups is 1. The standard InChI is InChI=1S/C20H13F2N5O/c21-14-7-6-13(9-15(14)22)26-18-10-17(24-11-25-18)20(28)27-16-5-1-3-12-4-2-8-23-19(12)16/h1-11H,(H,27,28)(H,24,25,26). The minimum absolute atomic E-state index is 0.105. The minimum Gasteiger partial charge on any atom is -0.340 e. The molecule has 0 unspecified atom stereocenters. The Morgan fingerprint density at radius 1 is 0.893 bits per heavy atom. The fraction of sp³-hybridized carbons (Fsp3) is 0. The highest BCUT2D eigenvalue weighted by atomic mass is 19.2. The van der Waals surface area contributed by atoms with Crippen molar-refractivity contribution in [2.45, 2.75) is 0 Å². The van der Waals surface area contributed by atoms with E-state index in [4.69, 9.17) is 0 Å². The molecule has 138 valence electrons. The summed E-state index contributed by atoms with van der Waals surface area (Å²) in [7, 11) is 0. The summed E-state index contributed by atoms with van der Waals surface area (Å²) in [5, 5.41) is 6.48. The van der Waals surface area contributed by atoms with Gasteiger partial charge < -0.3 is 10.6 Å². The van der Waals surface area contributed by atoms with E-state index in [2.05, 4.69) is 25.6 Å². The Hall–Kier alpha value is -3.94. The number of carbonyl (C=O) groups excluding carboxylic acids is 1. The van der Waals surface area contributed by atoms with Gasteiger partial charge in [0.05, 0.1) is 11.2 Å². The van der Waals surface area contributed by atoms with Crippen LogP contribution in [0.15, 0.2) is 67.1 Å². The Labute approximate surface area is 158 Å². The number of hydrogen-bond donors (Lipinski definition) is 2. The summed E-state index contributed by atoms with van der Waals surface area (Å²) >= 11 is 0. The summed E-state index contributed by atoms with van der Waals surface area (Å²) in [6.07, 6.45) is 2.85. The van der Waals surface area contributed by atoms with Crippen molar-refractivity contribution >= 4 is 34.0 Å². The average Bonchev–Trinajstić information content (AvgIpc) is 2.71. The molecule has 1 amide bonds. The first-order chi connectivity index (χ1) is 13.6. The highest BCUT2D eigenvalue weighted by molar-refractivity contribution is 6.07. The molecule has 4 rings (SSSR count). The number of anilines is 3. The molecule has 6 nitrogen and oxygen atoms in total. The first-order valence-electron chi connectivity index (χ1n) is 8.29. The van der Waals surface area contributed by atoms with Crippen LogP contribution in [0.25, 0.3) is 10.9 Å².